The van der Waals surface area contributed by atoms with Crippen LogP contribution in [0.1, 0.15) is 5.56 Å². The summed E-state index contributed by atoms with van der Waals surface area (Å²) in [4.78, 5) is 0. The summed E-state index contributed by atoms with van der Waals surface area (Å²) in [5.41, 5.74) is 4.52. The molecule has 0 saturated heterocycles. The molecule has 0 unspecified atom stereocenters. The van der Waals surface area contributed by atoms with Gasteiger partial charge in [0.05, 0.1) is 0 Å². The fraction of sp³-hybridized carbons (Fsp3) is 0. The fourth-order valence-electron chi connectivity index (χ4n) is 2.14. The SMILES string of the molecule is C=C/C=C(\C=C)c1ccc(-c2cccc(B(O)O)c2)cc1. The highest BCUT2D eigenvalue weighted by Crippen LogP contribution is 2.22. The highest BCUT2D eigenvalue weighted by Gasteiger charge is 2.11. The average Bonchev–Trinajstić information content (AvgIpc) is 2.53. The van der Waals surface area contributed by atoms with Crippen LogP contribution in [0.3, 0.4) is 0 Å². The van der Waals surface area contributed by atoms with Gasteiger partial charge in [-0.05, 0) is 27.7 Å². The van der Waals surface area contributed by atoms with Crippen molar-refractivity contribution >= 4 is 18.2 Å². The Morgan fingerprint density at radius 3 is 2.24 bits per heavy atom. The van der Waals surface area contributed by atoms with Gasteiger partial charge in [0.15, 0.2) is 0 Å². The molecule has 2 aromatic carbocycles. The smallest absolute Gasteiger partial charge is 0.423 e. The molecule has 0 aromatic heterocycles. The normalized spacial score (nSPS) is 11.0. The van der Waals surface area contributed by atoms with Crippen molar-refractivity contribution in [1.29, 1.82) is 0 Å². The van der Waals surface area contributed by atoms with Crippen LogP contribution in [0.15, 0.2) is 79.9 Å². The highest BCUT2D eigenvalue weighted by atomic mass is 16.4. The van der Waals surface area contributed by atoms with Crippen molar-refractivity contribution in [3.63, 3.8) is 0 Å². The van der Waals surface area contributed by atoms with E-state index >= 15 is 0 Å². The Hall–Kier alpha value is -2.36. The van der Waals surface area contributed by atoms with Gasteiger partial charge in [0.1, 0.15) is 0 Å². The Labute approximate surface area is 125 Å². The third-order valence-electron chi connectivity index (χ3n) is 3.25. The first-order valence-electron chi connectivity index (χ1n) is 6.67. The monoisotopic (exact) mass is 276 g/mol. The van der Waals surface area contributed by atoms with Gasteiger partial charge < -0.3 is 10.0 Å². The van der Waals surface area contributed by atoms with E-state index in [1.807, 2.05) is 42.5 Å². The second-order valence-electron chi connectivity index (χ2n) is 4.64. The lowest BCUT2D eigenvalue weighted by Gasteiger charge is -2.07. The molecule has 0 amide bonds. The van der Waals surface area contributed by atoms with Gasteiger partial charge >= 0.3 is 7.12 Å². The van der Waals surface area contributed by atoms with Crippen molar-refractivity contribution < 1.29 is 10.0 Å². The third-order valence-corrected chi connectivity index (χ3v) is 3.25. The fourth-order valence-corrected chi connectivity index (χ4v) is 2.14. The van der Waals surface area contributed by atoms with Gasteiger partial charge in [-0.15, -0.1) is 0 Å². The van der Waals surface area contributed by atoms with E-state index in [-0.39, 0.29) is 0 Å². The Bertz CT molecular complexity index is 670. The van der Waals surface area contributed by atoms with E-state index in [1.54, 1.807) is 24.3 Å². The van der Waals surface area contributed by atoms with Gasteiger partial charge in [-0.3, -0.25) is 0 Å². The van der Waals surface area contributed by atoms with Gasteiger partial charge in [-0.25, -0.2) is 0 Å². The quantitative estimate of drug-likeness (QED) is 0.651. The van der Waals surface area contributed by atoms with Crippen LogP contribution in [-0.2, 0) is 0 Å². The molecular formula is C18H17BO2. The molecule has 21 heavy (non-hydrogen) atoms. The summed E-state index contributed by atoms with van der Waals surface area (Å²) in [7, 11) is -1.45. The predicted octanol–water partition coefficient (Wildman–Crippen LogP) is 2.79. The first-order chi connectivity index (χ1) is 10.2. The van der Waals surface area contributed by atoms with Crippen LogP contribution in [0.4, 0.5) is 0 Å². The first-order valence-corrected chi connectivity index (χ1v) is 6.67. The minimum atomic E-state index is -1.45. The molecule has 0 atom stereocenters. The standard InChI is InChI=1S/C18H17BO2/c1-3-6-14(4-2)15-9-11-16(12-10-15)17-7-5-8-18(13-17)19(20)21/h3-13,20-21H,1-2H2/b14-6+. The van der Waals surface area contributed by atoms with Crippen LogP contribution in [0.5, 0.6) is 0 Å². The van der Waals surface area contributed by atoms with Crippen LogP contribution in [-0.4, -0.2) is 17.2 Å². The molecule has 2 aromatic rings. The number of hydrogen-bond acceptors (Lipinski definition) is 2. The molecule has 2 rings (SSSR count). The zero-order valence-corrected chi connectivity index (χ0v) is 11.7. The predicted molar refractivity (Wildman–Crippen MR) is 90.1 cm³/mol. The molecule has 0 spiro atoms. The molecule has 0 fully saturated rings. The van der Waals surface area contributed by atoms with E-state index in [2.05, 4.69) is 13.2 Å². The van der Waals surface area contributed by atoms with E-state index in [0.29, 0.717) is 5.46 Å². The van der Waals surface area contributed by atoms with Crippen LogP contribution >= 0.6 is 0 Å². The molecule has 0 saturated carbocycles. The van der Waals surface area contributed by atoms with E-state index in [4.69, 9.17) is 0 Å². The maximum absolute atomic E-state index is 9.23. The summed E-state index contributed by atoms with van der Waals surface area (Å²) in [5.74, 6) is 0. The number of hydrogen-bond donors (Lipinski definition) is 2. The van der Waals surface area contributed by atoms with E-state index in [9.17, 15) is 10.0 Å². The van der Waals surface area contributed by atoms with E-state index in [1.165, 1.54) is 0 Å². The van der Waals surface area contributed by atoms with Crippen LogP contribution < -0.4 is 5.46 Å². The number of allylic oxidation sites excluding steroid dienone is 4. The van der Waals surface area contributed by atoms with Crippen molar-refractivity contribution in [3.05, 3.63) is 85.5 Å². The lowest BCUT2D eigenvalue weighted by atomic mass is 9.79. The minimum Gasteiger partial charge on any atom is -0.423 e. The lowest BCUT2D eigenvalue weighted by Crippen LogP contribution is -2.29. The summed E-state index contributed by atoms with van der Waals surface area (Å²) in [6.07, 6.45) is 5.43. The Kier molecular flexibility index (Phi) is 4.93. The molecule has 0 heterocycles. The summed E-state index contributed by atoms with van der Waals surface area (Å²) in [6.45, 7) is 7.49. The third kappa shape index (κ3) is 3.60. The first kappa shape index (κ1) is 15.0. The molecule has 3 heteroatoms. The van der Waals surface area contributed by atoms with Crippen molar-refractivity contribution in [2.45, 2.75) is 0 Å². The van der Waals surface area contributed by atoms with Crippen molar-refractivity contribution in [1.82, 2.24) is 0 Å². The molecule has 0 bridgehead atoms. The number of rotatable bonds is 5. The molecule has 2 N–H and O–H groups in total. The Morgan fingerprint density at radius 2 is 1.67 bits per heavy atom. The highest BCUT2D eigenvalue weighted by molar-refractivity contribution is 6.58. The lowest BCUT2D eigenvalue weighted by molar-refractivity contribution is 0.426. The summed E-state index contributed by atoms with van der Waals surface area (Å²) in [6, 6.07) is 15.2. The van der Waals surface area contributed by atoms with Crippen molar-refractivity contribution in [3.8, 4) is 11.1 Å². The molecule has 0 aliphatic heterocycles. The summed E-state index contributed by atoms with van der Waals surface area (Å²) >= 11 is 0. The van der Waals surface area contributed by atoms with E-state index in [0.717, 1.165) is 22.3 Å². The molecular weight excluding hydrogens is 259 g/mol. The Morgan fingerprint density at radius 1 is 0.952 bits per heavy atom. The van der Waals surface area contributed by atoms with Crippen molar-refractivity contribution in [2.24, 2.45) is 0 Å². The van der Waals surface area contributed by atoms with Crippen LogP contribution in [0.25, 0.3) is 16.7 Å². The Balaban J connectivity index is 2.35. The van der Waals surface area contributed by atoms with Crippen LogP contribution in [0.2, 0.25) is 0 Å². The average molecular weight is 276 g/mol. The zero-order valence-electron chi connectivity index (χ0n) is 11.7. The van der Waals surface area contributed by atoms with Gasteiger partial charge in [-0.2, -0.15) is 0 Å². The van der Waals surface area contributed by atoms with Gasteiger partial charge in [0.25, 0.3) is 0 Å². The van der Waals surface area contributed by atoms with Crippen molar-refractivity contribution in [2.75, 3.05) is 0 Å². The molecule has 0 aliphatic rings. The minimum absolute atomic E-state index is 0.481. The largest absolute Gasteiger partial charge is 0.488 e. The second-order valence-corrected chi connectivity index (χ2v) is 4.64. The second kappa shape index (κ2) is 6.89. The van der Waals surface area contributed by atoms with Gasteiger partial charge in [-0.1, -0.05) is 79.9 Å². The maximum atomic E-state index is 9.23. The molecule has 104 valence electrons. The van der Waals surface area contributed by atoms with Crippen LogP contribution in [0, 0.1) is 0 Å². The molecule has 2 nitrogen and oxygen atoms in total. The van der Waals surface area contributed by atoms with E-state index < -0.39 is 7.12 Å². The summed E-state index contributed by atoms with van der Waals surface area (Å²) < 4.78 is 0. The van der Waals surface area contributed by atoms with Gasteiger partial charge in [0.2, 0.25) is 0 Å². The number of benzene rings is 2. The topological polar surface area (TPSA) is 40.5 Å². The molecule has 0 aliphatic carbocycles. The molecule has 0 radical (unpaired) electrons. The maximum Gasteiger partial charge on any atom is 0.488 e. The zero-order chi connectivity index (χ0) is 15.2. The van der Waals surface area contributed by atoms with Gasteiger partial charge in [0, 0.05) is 0 Å². The summed E-state index contributed by atoms with van der Waals surface area (Å²) in [5, 5.41) is 18.5.